The number of nitrogens with zero attached hydrogens (tertiary/aromatic N) is 3. The molecule has 2 aromatic rings. The average Bonchev–Trinajstić information content (AvgIpc) is 3.10. The molecular formula is C16H18N4O2S. The molecule has 3 rings (SSSR count). The van der Waals surface area contributed by atoms with E-state index in [0.29, 0.717) is 30.2 Å². The molecule has 0 saturated carbocycles. The molecule has 23 heavy (non-hydrogen) atoms. The highest BCUT2D eigenvalue weighted by Gasteiger charge is 2.31. The maximum atomic E-state index is 12.9. The fraction of sp³-hybridized carbons (Fsp3) is 0.312. The molecule has 1 atom stereocenters. The number of methoxy groups -OCH3 is 1. The second kappa shape index (κ2) is 6.97. The summed E-state index contributed by atoms with van der Waals surface area (Å²) in [6, 6.07) is 7.46. The number of ether oxygens (including phenoxy) is 1. The Morgan fingerprint density at radius 1 is 1.43 bits per heavy atom. The Morgan fingerprint density at radius 3 is 3.04 bits per heavy atom. The van der Waals surface area contributed by atoms with Gasteiger partial charge in [-0.3, -0.25) is 9.78 Å². The first-order valence-electron chi connectivity index (χ1n) is 7.32. The lowest BCUT2D eigenvalue weighted by atomic mass is 10.1. The fourth-order valence-electron chi connectivity index (χ4n) is 2.56. The summed E-state index contributed by atoms with van der Waals surface area (Å²) in [6.07, 6.45) is 3.13. The van der Waals surface area contributed by atoms with Gasteiger partial charge in [-0.05, 0) is 12.1 Å². The average molecular weight is 330 g/mol. The van der Waals surface area contributed by atoms with Crippen LogP contribution in [0.2, 0.25) is 0 Å². The van der Waals surface area contributed by atoms with Gasteiger partial charge in [-0.15, -0.1) is 11.8 Å². The lowest BCUT2D eigenvalue weighted by molar-refractivity contribution is 0.0758. The van der Waals surface area contributed by atoms with Crippen LogP contribution in [0.4, 0.5) is 0 Å². The van der Waals surface area contributed by atoms with Crippen LogP contribution in [0.1, 0.15) is 10.5 Å². The van der Waals surface area contributed by atoms with Crippen molar-refractivity contribution in [3.63, 3.8) is 0 Å². The van der Waals surface area contributed by atoms with Gasteiger partial charge in [-0.1, -0.05) is 12.1 Å². The Morgan fingerprint density at radius 2 is 2.26 bits per heavy atom. The highest BCUT2D eigenvalue weighted by Crippen LogP contribution is 2.28. The summed E-state index contributed by atoms with van der Waals surface area (Å²) >= 11 is 1.69. The van der Waals surface area contributed by atoms with E-state index < -0.39 is 0 Å². The molecule has 1 unspecified atom stereocenters. The molecule has 2 N–H and O–H groups in total. The summed E-state index contributed by atoms with van der Waals surface area (Å²) in [5, 5.41) is 0.00247. The van der Waals surface area contributed by atoms with Crippen LogP contribution in [-0.4, -0.2) is 52.1 Å². The third-order valence-corrected chi connectivity index (χ3v) is 4.95. The summed E-state index contributed by atoms with van der Waals surface area (Å²) < 4.78 is 5.25. The van der Waals surface area contributed by atoms with Crippen molar-refractivity contribution in [2.24, 2.45) is 5.73 Å². The second-order valence-electron chi connectivity index (χ2n) is 5.05. The third-order valence-electron chi connectivity index (χ3n) is 3.70. The lowest BCUT2D eigenvalue weighted by Gasteiger charge is -2.22. The predicted molar refractivity (Wildman–Crippen MR) is 90.4 cm³/mol. The quantitative estimate of drug-likeness (QED) is 0.917. The van der Waals surface area contributed by atoms with Crippen molar-refractivity contribution in [1.82, 2.24) is 14.9 Å². The van der Waals surface area contributed by atoms with Crippen LogP contribution in [-0.2, 0) is 0 Å². The van der Waals surface area contributed by atoms with Gasteiger partial charge in [0.2, 0.25) is 0 Å². The monoisotopic (exact) mass is 330 g/mol. The van der Waals surface area contributed by atoms with Gasteiger partial charge in [0.1, 0.15) is 11.4 Å². The molecule has 0 spiro atoms. The van der Waals surface area contributed by atoms with Crippen LogP contribution in [0.15, 0.2) is 36.7 Å². The van der Waals surface area contributed by atoms with E-state index in [1.807, 2.05) is 24.3 Å². The largest absolute Gasteiger partial charge is 0.497 e. The van der Waals surface area contributed by atoms with Gasteiger partial charge in [-0.25, -0.2) is 4.98 Å². The van der Waals surface area contributed by atoms with Gasteiger partial charge in [0.15, 0.2) is 5.69 Å². The van der Waals surface area contributed by atoms with Crippen LogP contribution in [0.3, 0.4) is 0 Å². The Labute approximate surface area is 139 Å². The number of hydrogen-bond acceptors (Lipinski definition) is 6. The van der Waals surface area contributed by atoms with Crippen molar-refractivity contribution in [3.8, 4) is 17.0 Å². The van der Waals surface area contributed by atoms with Gasteiger partial charge < -0.3 is 15.4 Å². The summed E-state index contributed by atoms with van der Waals surface area (Å²) in [7, 11) is 1.61. The van der Waals surface area contributed by atoms with Gasteiger partial charge in [-0.2, -0.15) is 0 Å². The van der Waals surface area contributed by atoms with Crippen molar-refractivity contribution in [2.45, 2.75) is 5.37 Å². The molecule has 1 aromatic carbocycles. The van der Waals surface area contributed by atoms with E-state index in [9.17, 15) is 4.79 Å². The standard InChI is InChI=1S/C16H18N4O2S/c1-22-12-4-2-3-11(9-12)14-15(19-6-5-18-14)16(21)20-7-8-23-13(20)10-17/h2-6,9,13H,7-8,10,17H2,1H3. The molecule has 0 bridgehead atoms. The minimum atomic E-state index is -0.128. The minimum absolute atomic E-state index is 0.00247. The number of hydrogen-bond donors (Lipinski definition) is 1. The molecule has 0 aliphatic carbocycles. The Bertz CT molecular complexity index is 710. The maximum Gasteiger partial charge on any atom is 0.275 e. The van der Waals surface area contributed by atoms with Gasteiger partial charge in [0.05, 0.1) is 12.5 Å². The summed E-state index contributed by atoms with van der Waals surface area (Å²) in [4.78, 5) is 23.3. The van der Waals surface area contributed by atoms with Gasteiger partial charge in [0, 0.05) is 36.8 Å². The number of aromatic nitrogens is 2. The molecule has 120 valence electrons. The maximum absolute atomic E-state index is 12.9. The topological polar surface area (TPSA) is 81.3 Å². The zero-order valence-corrected chi connectivity index (χ0v) is 13.6. The van der Waals surface area contributed by atoms with Crippen molar-refractivity contribution in [1.29, 1.82) is 0 Å². The second-order valence-corrected chi connectivity index (χ2v) is 6.33. The lowest BCUT2D eigenvalue weighted by Crippen LogP contribution is -2.39. The SMILES string of the molecule is COc1cccc(-c2nccnc2C(=O)N2CCSC2CN)c1. The van der Waals surface area contributed by atoms with Crippen LogP contribution < -0.4 is 10.5 Å². The molecule has 1 amide bonds. The van der Waals surface area contributed by atoms with Crippen molar-refractivity contribution in [2.75, 3.05) is 26.0 Å². The number of thioether (sulfide) groups is 1. The fourth-order valence-corrected chi connectivity index (χ4v) is 3.65. The molecule has 0 radical (unpaired) electrons. The van der Waals surface area contributed by atoms with E-state index in [0.717, 1.165) is 11.3 Å². The Balaban J connectivity index is 1.99. The molecule has 7 heteroatoms. The molecule has 2 heterocycles. The van der Waals surface area contributed by atoms with Crippen LogP contribution in [0.5, 0.6) is 5.75 Å². The van der Waals surface area contributed by atoms with Crippen molar-refractivity contribution < 1.29 is 9.53 Å². The van der Waals surface area contributed by atoms with E-state index in [-0.39, 0.29) is 11.3 Å². The number of benzene rings is 1. The molecule has 1 aromatic heterocycles. The van der Waals surface area contributed by atoms with Crippen molar-refractivity contribution >= 4 is 17.7 Å². The zero-order chi connectivity index (χ0) is 16.2. The van der Waals surface area contributed by atoms with E-state index in [1.165, 1.54) is 6.20 Å². The highest BCUT2D eigenvalue weighted by atomic mass is 32.2. The zero-order valence-electron chi connectivity index (χ0n) is 12.8. The molecular weight excluding hydrogens is 312 g/mol. The number of carbonyl (C=O) groups is 1. The molecule has 1 saturated heterocycles. The third kappa shape index (κ3) is 3.16. The first kappa shape index (κ1) is 15.8. The van der Waals surface area contributed by atoms with Gasteiger partial charge in [0.25, 0.3) is 5.91 Å². The number of amides is 1. The summed E-state index contributed by atoms with van der Waals surface area (Å²) in [5.74, 6) is 1.47. The van der Waals surface area contributed by atoms with Crippen LogP contribution in [0.25, 0.3) is 11.3 Å². The minimum Gasteiger partial charge on any atom is -0.497 e. The molecule has 1 fully saturated rings. The number of carbonyl (C=O) groups excluding carboxylic acids is 1. The van der Waals surface area contributed by atoms with Gasteiger partial charge >= 0.3 is 0 Å². The number of nitrogens with two attached hydrogens (primary N) is 1. The summed E-state index contributed by atoms with van der Waals surface area (Å²) in [5.41, 5.74) is 7.47. The van der Waals surface area contributed by atoms with Crippen molar-refractivity contribution in [3.05, 3.63) is 42.4 Å². The van der Waals surface area contributed by atoms with E-state index in [2.05, 4.69) is 9.97 Å². The number of rotatable bonds is 4. The molecule has 1 aliphatic heterocycles. The van der Waals surface area contributed by atoms with E-state index in [1.54, 1.807) is 30.0 Å². The van der Waals surface area contributed by atoms with E-state index >= 15 is 0 Å². The molecule has 6 nitrogen and oxygen atoms in total. The van der Waals surface area contributed by atoms with E-state index in [4.69, 9.17) is 10.5 Å². The van der Waals surface area contributed by atoms with Crippen LogP contribution >= 0.6 is 11.8 Å². The van der Waals surface area contributed by atoms with Crippen LogP contribution in [0, 0.1) is 0 Å². The Hall–Kier alpha value is -2.12. The first-order valence-corrected chi connectivity index (χ1v) is 8.37. The smallest absolute Gasteiger partial charge is 0.275 e. The Kier molecular flexibility index (Phi) is 4.78. The normalized spacial score (nSPS) is 17.3. The first-order chi connectivity index (χ1) is 11.2. The molecule has 1 aliphatic rings. The highest BCUT2D eigenvalue weighted by molar-refractivity contribution is 8.00. The predicted octanol–water partition coefficient (Wildman–Crippen LogP) is 1.63. The summed E-state index contributed by atoms with van der Waals surface area (Å²) in [6.45, 7) is 1.12.